The lowest BCUT2D eigenvalue weighted by atomic mass is 9.98. The van der Waals surface area contributed by atoms with Gasteiger partial charge in [0.25, 0.3) is 0 Å². The van der Waals surface area contributed by atoms with Crippen LogP contribution in [-0.4, -0.2) is 11.8 Å². The Bertz CT molecular complexity index is 1030. The lowest BCUT2D eigenvalue weighted by Gasteiger charge is -2.21. The summed E-state index contributed by atoms with van der Waals surface area (Å²) in [5.74, 6) is -1.95. The zero-order valence-electron chi connectivity index (χ0n) is 19.6. The molecule has 198 valence electrons. The van der Waals surface area contributed by atoms with Gasteiger partial charge >= 0.3 is 12.4 Å². The first kappa shape index (κ1) is 29.9. The fraction of sp³-hybridized carbons (Fsp3) is 0.417. The number of benzene rings is 2. The normalized spacial score (nSPS) is 12.1. The molecule has 0 saturated carbocycles. The molecule has 0 unspecified atom stereocenters. The number of alkyl halides is 6. The van der Waals surface area contributed by atoms with E-state index in [1.165, 1.54) is 0 Å². The third kappa shape index (κ3) is 7.12. The van der Waals surface area contributed by atoms with Crippen molar-refractivity contribution in [2.75, 3.05) is 0 Å². The summed E-state index contributed by atoms with van der Waals surface area (Å²) in [6.07, 6.45) is -7.61. The molecule has 0 spiro atoms. The summed E-state index contributed by atoms with van der Waals surface area (Å²) in [5, 5.41) is 0. The average molecular weight is 553 g/mol. The van der Waals surface area contributed by atoms with Crippen molar-refractivity contribution in [1.82, 2.24) is 0 Å². The van der Waals surface area contributed by atoms with Gasteiger partial charge in [0, 0.05) is 9.79 Å². The van der Waals surface area contributed by atoms with Crippen LogP contribution < -0.4 is 11.5 Å². The van der Waals surface area contributed by atoms with Crippen LogP contribution in [0, 0.1) is 0 Å². The number of halogens is 6. The molecular formula is C24H26F6N2O2S2. The van der Waals surface area contributed by atoms with Crippen molar-refractivity contribution < 1.29 is 35.9 Å². The smallest absolute Gasteiger partial charge is 0.366 e. The van der Waals surface area contributed by atoms with Gasteiger partial charge in [-0.2, -0.15) is 26.3 Å². The number of nitrogens with two attached hydrogens (primary N) is 2. The van der Waals surface area contributed by atoms with Crippen LogP contribution in [-0.2, 0) is 25.2 Å². The van der Waals surface area contributed by atoms with Gasteiger partial charge < -0.3 is 11.5 Å². The van der Waals surface area contributed by atoms with E-state index in [9.17, 15) is 35.9 Å². The number of primary amides is 2. The summed E-state index contributed by atoms with van der Waals surface area (Å²) in [6.45, 7) is 3.57. The van der Waals surface area contributed by atoms with E-state index in [4.69, 9.17) is 11.5 Å². The van der Waals surface area contributed by atoms with Crippen LogP contribution in [0.25, 0.3) is 0 Å². The van der Waals surface area contributed by atoms with Crippen molar-refractivity contribution in [2.24, 2.45) is 11.5 Å². The average Bonchev–Trinajstić information content (AvgIpc) is 2.77. The number of amides is 2. The lowest BCUT2D eigenvalue weighted by molar-refractivity contribution is -0.139. The van der Waals surface area contributed by atoms with Gasteiger partial charge in [-0.1, -0.05) is 48.3 Å². The van der Waals surface area contributed by atoms with Crippen LogP contribution in [0.4, 0.5) is 26.3 Å². The highest BCUT2D eigenvalue weighted by Crippen LogP contribution is 2.49. The Kier molecular flexibility index (Phi) is 10.2. The number of rotatable bonds is 11. The van der Waals surface area contributed by atoms with Crippen molar-refractivity contribution in [3.05, 3.63) is 57.6 Å². The molecular weight excluding hydrogens is 526 g/mol. The van der Waals surface area contributed by atoms with E-state index in [-0.39, 0.29) is 44.9 Å². The van der Waals surface area contributed by atoms with Crippen LogP contribution in [0.2, 0.25) is 0 Å². The summed E-state index contributed by atoms with van der Waals surface area (Å²) in [5.41, 5.74) is 8.26. The molecule has 0 aliphatic rings. The first-order chi connectivity index (χ1) is 16.7. The molecule has 4 nitrogen and oxygen atoms in total. The van der Waals surface area contributed by atoms with Gasteiger partial charge in [-0.3, -0.25) is 9.59 Å². The number of unbranched alkanes of at least 4 members (excludes halogenated alkanes) is 2. The summed E-state index contributed by atoms with van der Waals surface area (Å²) in [7, 11) is 1.35. The Labute approximate surface area is 213 Å². The second-order valence-electron chi connectivity index (χ2n) is 8.03. The van der Waals surface area contributed by atoms with E-state index in [1.807, 2.05) is 0 Å². The molecule has 2 amide bonds. The topological polar surface area (TPSA) is 86.2 Å². The summed E-state index contributed by atoms with van der Waals surface area (Å²) in [6, 6.07) is 3.49. The molecule has 2 aromatic carbocycles. The van der Waals surface area contributed by atoms with Gasteiger partial charge in [0.1, 0.15) is 0 Å². The fourth-order valence-electron chi connectivity index (χ4n) is 3.65. The molecule has 0 aliphatic heterocycles. The van der Waals surface area contributed by atoms with E-state index in [0.717, 1.165) is 24.3 Å². The highest BCUT2D eigenvalue weighted by atomic mass is 33.1. The number of carbonyl (C=O) groups excluding carboxylic acids is 2. The Hall–Kier alpha value is -2.34. The summed E-state index contributed by atoms with van der Waals surface area (Å²) < 4.78 is 82.7. The van der Waals surface area contributed by atoms with E-state index in [2.05, 4.69) is 0 Å². The van der Waals surface area contributed by atoms with Gasteiger partial charge in [0.15, 0.2) is 0 Å². The number of carbonyl (C=O) groups is 2. The SMILES string of the molecule is CCCCc1c(C(F)(F)F)ccc(C(N)=O)c1SSc1c(C(N)=O)ccc(C(F)(F)F)c1CCCC. The molecule has 0 heterocycles. The quantitative estimate of drug-likeness (QED) is 0.225. The molecule has 2 aromatic rings. The molecule has 36 heavy (non-hydrogen) atoms. The van der Waals surface area contributed by atoms with Gasteiger partial charge in [-0.15, -0.1) is 0 Å². The third-order valence-corrected chi connectivity index (χ3v) is 8.03. The highest BCUT2D eigenvalue weighted by Gasteiger charge is 2.37. The molecule has 0 fully saturated rings. The molecule has 12 heteroatoms. The van der Waals surface area contributed by atoms with Crippen LogP contribution in [0.15, 0.2) is 34.1 Å². The van der Waals surface area contributed by atoms with Gasteiger partial charge in [0.05, 0.1) is 22.3 Å². The molecule has 2 rings (SSSR count). The molecule has 0 radical (unpaired) electrons. The van der Waals surface area contributed by atoms with Gasteiger partial charge in [0.2, 0.25) is 11.8 Å². The molecule has 0 saturated heterocycles. The van der Waals surface area contributed by atoms with Crippen molar-refractivity contribution >= 4 is 33.4 Å². The Balaban J connectivity index is 2.75. The molecule has 0 aliphatic carbocycles. The maximum absolute atomic E-state index is 13.8. The zero-order valence-corrected chi connectivity index (χ0v) is 21.2. The van der Waals surface area contributed by atoms with E-state index >= 15 is 0 Å². The van der Waals surface area contributed by atoms with Crippen molar-refractivity contribution in [2.45, 2.75) is 74.5 Å². The second kappa shape index (κ2) is 12.3. The maximum atomic E-state index is 13.8. The molecule has 4 N–H and O–H groups in total. The van der Waals surface area contributed by atoms with E-state index < -0.39 is 35.3 Å². The second-order valence-corrected chi connectivity index (χ2v) is 10.2. The zero-order chi connectivity index (χ0) is 27.3. The van der Waals surface area contributed by atoms with Gasteiger partial charge in [-0.25, -0.2) is 0 Å². The first-order valence-electron chi connectivity index (χ1n) is 11.1. The lowest BCUT2D eigenvalue weighted by Crippen LogP contribution is -2.18. The standard InChI is InChI=1S/C24H26F6N2O2S2/c1-3-5-7-13-17(23(25,26)27)11-9-15(21(31)33)19(13)35-36-20-14(8-6-4-2)18(24(28,29)30)12-10-16(20)22(32)34/h9-12H,3-8H2,1-2H3,(H2,31,33)(H2,32,34). The Morgan fingerprint density at radius 3 is 1.28 bits per heavy atom. The van der Waals surface area contributed by atoms with Crippen LogP contribution >= 0.6 is 21.6 Å². The van der Waals surface area contributed by atoms with Gasteiger partial charge in [-0.05, 0) is 61.1 Å². The van der Waals surface area contributed by atoms with E-state index in [1.54, 1.807) is 13.8 Å². The largest absolute Gasteiger partial charge is 0.416 e. The fourth-order valence-corrected chi connectivity index (χ4v) is 6.60. The van der Waals surface area contributed by atoms with Crippen molar-refractivity contribution in [3.63, 3.8) is 0 Å². The minimum atomic E-state index is -4.72. The predicted molar refractivity (Wildman–Crippen MR) is 129 cm³/mol. The summed E-state index contributed by atoms with van der Waals surface area (Å²) >= 11 is 0. The van der Waals surface area contributed by atoms with Crippen molar-refractivity contribution in [3.8, 4) is 0 Å². The third-order valence-electron chi connectivity index (χ3n) is 5.43. The maximum Gasteiger partial charge on any atom is 0.416 e. The Morgan fingerprint density at radius 1 is 0.694 bits per heavy atom. The highest BCUT2D eigenvalue weighted by molar-refractivity contribution is 8.76. The Morgan fingerprint density at radius 2 is 1.03 bits per heavy atom. The monoisotopic (exact) mass is 552 g/mol. The predicted octanol–water partition coefficient (Wildman–Crippen LogP) is 7.41. The van der Waals surface area contributed by atoms with Crippen molar-refractivity contribution in [1.29, 1.82) is 0 Å². The number of hydrogen-bond donors (Lipinski definition) is 2. The van der Waals surface area contributed by atoms with Crippen LogP contribution in [0.1, 0.15) is 82.5 Å². The molecule has 0 atom stereocenters. The minimum absolute atomic E-state index is 0.0245. The molecule has 0 bridgehead atoms. The minimum Gasteiger partial charge on any atom is -0.366 e. The summed E-state index contributed by atoms with van der Waals surface area (Å²) in [4.78, 5) is 24.0. The molecule has 0 aromatic heterocycles. The first-order valence-corrected chi connectivity index (χ1v) is 13.3. The van der Waals surface area contributed by atoms with Crippen LogP contribution in [0.3, 0.4) is 0 Å². The van der Waals surface area contributed by atoms with E-state index in [0.29, 0.717) is 47.3 Å². The number of hydrogen-bond acceptors (Lipinski definition) is 4. The van der Waals surface area contributed by atoms with Crippen LogP contribution in [0.5, 0.6) is 0 Å².